The van der Waals surface area contributed by atoms with Crippen LogP contribution in [0.3, 0.4) is 0 Å². The number of likely N-dealkylation sites (N-methyl/N-ethyl adjacent to an activating group) is 1. The van der Waals surface area contributed by atoms with Gasteiger partial charge in [0.2, 0.25) is 5.91 Å². The molecule has 2 aromatic rings. The molecule has 0 fully saturated rings. The maximum atomic E-state index is 12.5. The number of halogens is 1. The molecule has 1 aromatic carbocycles. The largest absolute Gasteiger partial charge is 0.358 e. The van der Waals surface area contributed by atoms with E-state index >= 15 is 0 Å². The van der Waals surface area contributed by atoms with E-state index in [0.717, 1.165) is 15.6 Å². The van der Waals surface area contributed by atoms with Crippen molar-refractivity contribution in [3.8, 4) is 0 Å². The second-order valence-electron chi connectivity index (χ2n) is 5.16. The Morgan fingerprint density at radius 3 is 2.74 bits per heavy atom. The third-order valence-corrected chi connectivity index (χ3v) is 3.93. The van der Waals surface area contributed by atoms with Gasteiger partial charge in [-0.05, 0) is 33.1 Å². The van der Waals surface area contributed by atoms with Crippen molar-refractivity contribution in [3.63, 3.8) is 0 Å². The number of nitrogens with zero attached hydrogens (tertiary/aromatic N) is 2. The van der Waals surface area contributed by atoms with Gasteiger partial charge in [0.1, 0.15) is 6.04 Å². The van der Waals surface area contributed by atoms with Crippen molar-refractivity contribution in [2.45, 2.75) is 12.6 Å². The standard InChI is InChI=1S/C18H20BrN3O/c1-3-9-22(13-14-7-5-4-6-8-14)17(18(23)20-2)15-10-16(19)12-21-11-15/h3-8,10-12,17H,1,9,13H2,2H3,(H,20,23). The van der Waals surface area contributed by atoms with Crippen molar-refractivity contribution in [2.75, 3.05) is 13.6 Å². The zero-order chi connectivity index (χ0) is 16.7. The highest BCUT2D eigenvalue weighted by Crippen LogP contribution is 2.25. The molecule has 4 nitrogen and oxygen atoms in total. The highest BCUT2D eigenvalue weighted by Gasteiger charge is 2.27. The summed E-state index contributed by atoms with van der Waals surface area (Å²) >= 11 is 3.42. The molecule has 0 saturated carbocycles. The van der Waals surface area contributed by atoms with Crippen LogP contribution >= 0.6 is 15.9 Å². The Labute approximate surface area is 145 Å². The van der Waals surface area contributed by atoms with E-state index in [1.807, 2.05) is 30.3 Å². The lowest BCUT2D eigenvalue weighted by Crippen LogP contribution is -2.39. The van der Waals surface area contributed by atoms with Crippen LogP contribution in [0.4, 0.5) is 0 Å². The third-order valence-electron chi connectivity index (χ3n) is 3.49. The van der Waals surface area contributed by atoms with Gasteiger partial charge in [-0.2, -0.15) is 0 Å². The van der Waals surface area contributed by atoms with E-state index in [-0.39, 0.29) is 5.91 Å². The van der Waals surface area contributed by atoms with Gasteiger partial charge in [0.25, 0.3) is 0 Å². The van der Waals surface area contributed by atoms with Crippen LogP contribution in [-0.2, 0) is 11.3 Å². The summed E-state index contributed by atoms with van der Waals surface area (Å²) < 4.78 is 0.849. The summed E-state index contributed by atoms with van der Waals surface area (Å²) in [5, 5.41) is 2.75. The van der Waals surface area contributed by atoms with Crippen LogP contribution in [0.2, 0.25) is 0 Å². The average molecular weight is 374 g/mol. The first-order valence-electron chi connectivity index (χ1n) is 7.36. The Hall–Kier alpha value is -1.98. The molecule has 0 spiro atoms. The minimum Gasteiger partial charge on any atom is -0.358 e. The van der Waals surface area contributed by atoms with Crippen LogP contribution in [0.15, 0.2) is 65.9 Å². The molecule has 0 aliphatic rings. The predicted octanol–water partition coefficient (Wildman–Crippen LogP) is 3.32. The SMILES string of the molecule is C=CCN(Cc1ccccc1)C(C(=O)NC)c1cncc(Br)c1. The molecule has 120 valence electrons. The van der Waals surface area contributed by atoms with Gasteiger partial charge in [0, 0.05) is 37.0 Å². The van der Waals surface area contributed by atoms with Gasteiger partial charge in [-0.1, -0.05) is 36.4 Å². The van der Waals surface area contributed by atoms with E-state index in [4.69, 9.17) is 0 Å². The molecule has 23 heavy (non-hydrogen) atoms. The molecule has 1 atom stereocenters. The Morgan fingerprint density at radius 2 is 2.13 bits per heavy atom. The zero-order valence-electron chi connectivity index (χ0n) is 13.1. The summed E-state index contributed by atoms with van der Waals surface area (Å²) in [6.45, 7) is 5.07. The molecular weight excluding hydrogens is 354 g/mol. The van der Waals surface area contributed by atoms with E-state index < -0.39 is 6.04 Å². The minimum atomic E-state index is -0.428. The molecule has 1 heterocycles. The number of benzene rings is 1. The number of pyridine rings is 1. The zero-order valence-corrected chi connectivity index (χ0v) is 14.7. The Bertz CT molecular complexity index is 660. The molecule has 0 radical (unpaired) electrons. The molecule has 0 saturated heterocycles. The van der Waals surface area contributed by atoms with Crippen LogP contribution in [-0.4, -0.2) is 29.4 Å². The van der Waals surface area contributed by atoms with Crippen molar-refractivity contribution in [1.29, 1.82) is 0 Å². The van der Waals surface area contributed by atoms with Crippen molar-refractivity contribution in [2.24, 2.45) is 0 Å². The molecule has 0 bridgehead atoms. The molecule has 1 amide bonds. The summed E-state index contributed by atoms with van der Waals surface area (Å²) in [6, 6.07) is 11.6. The van der Waals surface area contributed by atoms with Crippen LogP contribution in [0.25, 0.3) is 0 Å². The van der Waals surface area contributed by atoms with Crippen LogP contribution in [0.5, 0.6) is 0 Å². The van der Waals surface area contributed by atoms with E-state index in [1.54, 1.807) is 19.4 Å². The van der Waals surface area contributed by atoms with Crippen molar-refractivity contribution in [1.82, 2.24) is 15.2 Å². The smallest absolute Gasteiger partial charge is 0.241 e. The quantitative estimate of drug-likeness (QED) is 0.757. The predicted molar refractivity (Wildman–Crippen MR) is 95.8 cm³/mol. The first-order chi connectivity index (χ1) is 11.2. The maximum absolute atomic E-state index is 12.5. The monoisotopic (exact) mass is 373 g/mol. The average Bonchev–Trinajstić information content (AvgIpc) is 2.56. The van der Waals surface area contributed by atoms with Gasteiger partial charge in [0.15, 0.2) is 0 Å². The second kappa shape index (κ2) is 8.60. The Balaban J connectivity index is 2.36. The molecule has 0 aliphatic heterocycles. The van der Waals surface area contributed by atoms with Gasteiger partial charge in [0.05, 0.1) is 0 Å². The Morgan fingerprint density at radius 1 is 1.39 bits per heavy atom. The number of rotatable bonds is 7. The van der Waals surface area contributed by atoms with Gasteiger partial charge < -0.3 is 5.32 Å². The fourth-order valence-electron chi connectivity index (χ4n) is 2.49. The summed E-state index contributed by atoms with van der Waals surface area (Å²) in [5.74, 6) is -0.0670. The topological polar surface area (TPSA) is 45.2 Å². The fourth-order valence-corrected chi connectivity index (χ4v) is 2.87. The van der Waals surface area contributed by atoms with Gasteiger partial charge in [-0.25, -0.2) is 0 Å². The molecule has 0 aliphatic carbocycles. The molecule has 1 N–H and O–H groups in total. The fraction of sp³-hybridized carbons (Fsp3) is 0.222. The highest BCUT2D eigenvalue weighted by molar-refractivity contribution is 9.10. The number of nitrogens with one attached hydrogen (secondary N) is 1. The van der Waals surface area contributed by atoms with E-state index in [1.165, 1.54) is 0 Å². The number of amides is 1. The number of carbonyl (C=O) groups is 1. The maximum Gasteiger partial charge on any atom is 0.241 e. The second-order valence-corrected chi connectivity index (χ2v) is 6.07. The first kappa shape index (κ1) is 17.4. The lowest BCUT2D eigenvalue weighted by Gasteiger charge is -2.29. The van der Waals surface area contributed by atoms with Gasteiger partial charge in [-0.15, -0.1) is 6.58 Å². The molecule has 2 rings (SSSR count). The summed E-state index contributed by atoms with van der Waals surface area (Å²) in [5.41, 5.74) is 1.99. The number of hydrogen-bond donors (Lipinski definition) is 1. The van der Waals surface area contributed by atoms with Gasteiger partial charge >= 0.3 is 0 Å². The molecule has 1 unspecified atom stereocenters. The first-order valence-corrected chi connectivity index (χ1v) is 8.16. The Kier molecular flexibility index (Phi) is 6.50. The lowest BCUT2D eigenvalue weighted by molar-refractivity contribution is -0.126. The third kappa shape index (κ3) is 4.74. The highest BCUT2D eigenvalue weighted by atomic mass is 79.9. The molecule has 1 aromatic heterocycles. The van der Waals surface area contributed by atoms with Crippen LogP contribution < -0.4 is 5.32 Å². The lowest BCUT2D eigenvalue weighted by atomic mass is 10.1. The van der Waals surface area contributed by atoms with Crippen LogP contribution in [0, 0.1) is 0 Å². The van der Waals surface area contributed by atoms with Crippen molar-refractivity contribution >= 4 is 21.8 Å². The molecular formula is C18H20BrN3O. The van der Waals surface area contributed by atoms with E-state index in [2.05, 4.69) is 49.8 Å². The van der Waals surface area contributed by atoms with E-state index in [9.17, 15) is 4.79 Å². The number of hydrogen-bond acceptors (Lipinski definition) is 3. The van der Waals surface area contributed by atoms with Crippen molar-refractivity contribution in [3.05, 3.63) is 77.0 Å². The number of carbonyl (C=O) groups excluding carboxylic acids is 1. The normalized spacial score (nSPS) is 12.0. The van der Waals surface area contributed by atoms with Crippen molar-refractivity contribution < 1.29 is 4.79 Å². The number of aromatic nitrogens is 1. The molecule has 5 heteroatoms. The summed E-state index contributed by atoms with van der Waals surface area (Å²) in [7, 11) is 1.65. The summed E-state index contributed by atoms with van der Waals surface area (Å²) in [6.07, 6.45) is 5.25. The summed E-state index contributed by atoms with van der Waals surface area (Å²) in [4.78, 5) is 18.8. The van der Waals surface area contributed by atoms with E-state index in [0.29, 0.717) is 13.1 Å². The minimum absolute atomic E-state index is 0.0670. The van der Waals surface area contributed by atoms with Crippen LogP contribution in [0.1, 0.15) is 17.2 Å². The van der Waals surface area contributed by atoms with Gasteiger partial charge in [-0.3, -0.25) is 14.7 Å².